The fourth-order valence-corrected chi connectivity index (χ4v) is 5.86. The maximum atomic E-state index is 13.3. The summed E-state index contributed by atoms with van der Waals surface area (Å²) >= 11 is 7.03. The molecule has 1 aliphatic rings. The van der Waals surface area contributed by atoms with Crippen molar-refractivity contribution >= 4 is 44.4 Å². The number of aromatic nitrogens is 1. The highest BCUT2D eigenvalue weighted by Gasteiger charge is 2.25. The molecule has 2 aromatic carbocycles. The molecule has 0 saturated carbocycles. The molecule has 162 valence electrons. The van der Waals surface area contributed by atoms with Gasteiger partial charge in [0.05, 0.1) is 9.92 Å². The molecule has 1 aliphatic heterocycles. The highest BCUT2D eigenvalue weighted by Crippen LogP contribution is 2.31. The number of hydrogen-bond donors (Lipinski definition) is 0. The topological polar surface area (TPSA) is 76.6 Å². The van der Waals surface area contributed by atoms with Crippen molar-refractivity contribution in [3.05, 3.63) is 69.4 Å². The van der Waals surface area contributed by atoms with E-state index in [1.54, 1.807) is 28.6 Å². The third kappa shape index (κ3) is 4.89. The predicted octanol–water partition coefficient (Wildman–Crippen LogP) is 4.27. The molecule has 6 nitrogen and oxygen atoms in total. The first kappa shape index (κ1) is 21.7. The molecule has 0 unspecified atom stereocenters. The molecule has 3 aromatic rings. The van der Waals surface area contributed by atoms with Crippen LogP contribution in [0.1, 0.15) is 17.0 Å². The van der Waals surface area contributed by atoms with E-state index >= 15 is 0 Å². The van der Waals surface area contributed by atoms with Gasteiger partial charge in [-0.15, -0.1) is 11.3 Å². The summed E-state index contributed by atoms with van der Waals surface area (Å²) in [6.45, 7) is 0.260. The molecule has 4 rings (SSSR count). The number of carbonyl (C=O) groups excluding carboxylic acids is 1. The van der Waals surface area contributed by atoms with Crippen molar-refractivity contribution in [1.82, 2.24) is 4.98 Å². The molecule has 0 saturated heterocycles. The van der Waals surface area contributed by atoms with Crippen LogP contribution in [0.15, 0.2) is 52.9 Å². The number of sulfone groups is 1. The lowest BCUT2D eigenvalue weighted by Gasteiger charge is -2.29. The minimum absolute atomic E-state index is 0.0836. The fraction of sp³-hybridized carbons (Fsp3) is 0.238. The third-order valence-corrected chi connectivity index (χ3v) is 7.76. The molecule has 0 radical (unpaired) electrons. The number of rotatable bonds is 6. The Morgan fingerprint density at radius 2 is 2.10 bits per heavy atom. The van der Waals surface area contributed by atoms with E-state index in [9.17, 15) is 17.6 Å². The Labute approximate surface area is 188 Å². The summed E-state index contributed by atoms with van der Waals surface area (Å²) in [5.74, 6) is -0.702. The molecule has 2 heterocycles. The Morgan fingerprint density at radius 1 is 1.26 bits per heavy atom. The van der Waals surface area contributed by atoms with Gasteiger partial charge in [-0.2, -0.15) is 0 Å². The quantitative estimate of drug-likeness (QED) is 0.526. The zero-order valence-electron chi connectivity index (χ0n) is 16.3. The van der Waals surface area contributed by atoms with E-state index in [0.717, 1.165) is 5.56 Å². The first-order valence-corrected chi connectivity index (χ1v) is 12.4. The normalized spacial score (nSPS) is 13.7. The molecule has 31 heavy (non-hydrogen) atoms. The molecule has 0 atom stereocenters. The van der Waals surface area contributed by atoms with Gasteiger partial charge in [0, 0.05) is 29.9 Å². The van der Waals surface area contributed by atoms with Gasteiger partial charge in [0.25, 0.3) is 5.91 Å². The number of thiazole rings is 1. The van der Waals surface area contributed by atoms with E-state index in [1.165, 1.54) is 35.6 Å². The lowest BCUT2D eigenvalue weighted by atomic mass is 10.0. The van der Waals surface area contributed by atoms with Crippen LogP contribution in [0.4, 0.5) is 10.1 Å². The number of ether oxygens (including phenoxy) is 1. The van der Waals surface area contributed by atoms with Gasteiger partial charge in [0.2, 0.25) is 0 Å². The second-order valence-corrected chi connectivity index (χ2v) is 10.4. The van der Waals surface area contributed by atoms with Crippen molar-refractivity contribution in [3.8, 4) is 5.75 Å². The van der Waals surface area contributed by atoms with Gasteiger partial charge in [0.1, 0.15) is 22.3 Å². The lowest BCUT2D eigenvalue weighted by molar-refractivity contribution is -0.120. The first-order chi connectivity index (χ1) is 14.8. The standard InChI is InChI=1S/C21H18ClFN2O4S2/c22-17-11-15(3-5-18(17)23)29-12-21(26)25-8-1-2-14-10-16(4-6-19(14)25)31(27,28)13-20-24-7-9-30-20/h3-7,9-11H,1-2,8,12-13H2. The summed E-state index contributed by atoms with van der Waals surface area (Å²) in [6.07, 6.45) is 2.96. The van der Waals surface area contributed by atoms with Crippen LogP contribution >= 0.6 is 22.9 Å². The maximum Gasteiger partial charge on any atom is 0.264 e. The summed E-state index contributed by atoms with van der Waals surface area (Å²) in [5.41, 5.74) is 1.47. The average Bonchev–Trinajstić information content (AvgIpc) is 3.25. The molecule has 0 fully saturated rings. The van der Waals surface area contributed by atoms with Crippen LogP contribution in [-0.4, -0.2) is 32.5 Å². The van der Waals surface area contributed by atoms with Crippen molar-refractivity contribution in [3.63, 3.8) is 0 Å². The molecule has 1 amide bonds. The van der Waals surface area contributed by atoms with E-state index in [4.69, 9.17) is 16.3 Å². The number of benzene rings is 2. The fourth-order valence-electron chi connectivity index (χ4n) is 3.39. The summed E-state index contributed by atoms with van der Waals surface area (Å²) in [5, 5.41) is 2.19. The highest BCUT2D eigenvalue weighted by atomic mass is 35.5. The molecule has 0 spiro atoms. The second-order valence-electron chi connectivity index (χ2n) is 6.99. The molecule has 10 heteroatoms. The Morgan fingerprint density at radius 3 is 2.84 bits per heavy atom. The molecule has 1 aromatic heterocycles. The number of hydrogen-bond acceptors (Lipinski definition) is 6. The Balaban J connectivity index is 1.50. The number of halogens is 2. The van der Waals surface area contributed by atoms with E-state index in [2.05, 4.69) is 4.98 Å². The van der Waals surface area contributed by atoms with Crippen LogP contribution in [-0.2, 0) is 26.8 Å². The van der Waals surface area contributed by atoms with Crippen molar-refractivity contribution in [2.24, 2.45) is 0 Å². The zero-order chi connectivity index (χ0) is 22.0. The van der Waals surface area contributed by atoms with Gasteiger partial charge in [-0.3, -0.25) is 4.79 Å². The largest absolute Gasteiger partial charge is 0.484 e. The van der Waals surface area contributed by atoms with Crippen molar-refractivity contribution in [2.45, 2.75) is 23.5 Å². The number of amides is 1. The van der Waals surface area contributed by atoms with E-state index in [0.29, 0.717) is 35.8 Å². The number of nitrogens with zero attached hydrogens (tertiary/aromatic N) is 2. The van der Waals surface area contributed by atoms with E-state index in [1.807, 2.05) is 0 Å². The van der Waals surface area contributed by atoms with Crippen molar-refractivity contribution < 1.29 is 22.3 Å². The second kappa shape index (κ2) is 8.94. The highest BCUT2D eigenvalue weighted by molar-refractivity contribution is 7.90. The van der Waals surface area contributed by atoms with Gasteiger partial charge < -0.3 is 9.64 Å². The van der Waals surface area contributed by atoms with Gasteiger partial charge in [0.15, 0.2) is 16.4 Å². The van der Waals surface area contributed by atoms with E-state index in [-0.39, 0.29) is 28.2 Å². The van der Waals surface area contributed by atoms with Crippen LogP contribution in [0.5, 0.6) is 5.75 Å². The Hall–Kier alpha value is -2.49. The number of aryl methyl sites for hydroxylation is 1. The van der Waals surface area contributed by atoms with Crippen molar-refractivity contribution in [1.29, 1.82) is 0 Å². The molecular weight excluding hydrogens is 463 g/mol. The van der Waals surface area contributed by atoms with Crippen LogP contribution in [0, 0.1) is 5.82 Å². The molecule has 0 bridgehead atoms. The molecule has 0 aliphatic carbocycles. The van der Waals surface area contributed by atoms with Gasteiger partial charge in [-0.1, -0.05) is 11.6 Å². The van der Waals surface area contributed by atoms with Gasteiger partial charge >= 0.3 is 0 Å². The van der Waals surface area contributed by atoms with Crippen LogP contribution < -0.4 is 9.64 Å². The summed E-state index contributed by atoms with van der Waals surface area (Å²) in [4.78, 5) is 18.6. The van der Waals surface area contributed by atoms with Gasteiger partial charge in [-0.05, 0) is 48.7 Å². The van der Waals surface area contributed by atoms with Crippen LogP contribution in [0.25, 0.3) is 0 Å². The number of carbonyl (C=O) groups is 1. The smallest absolute Gasteiger partial charge is 0.264 e. The monoisotopic (exact) mass is 480 g/mol. The van der Waals surface area contributed by atoms with Crippen molar-refractivity contribution in [2.75, 3.05) is 18.1 Å². The molecular formula is C21H18ClFN2O4S2. The first-order valence-electron chi connectivity index (χ1n) is 9.46. The third-order valence-electron chi connectivity index (χ3n) is 4.88. The van der Waals surface area contributed by atoms with E-state index < -0.39 is 15.7 Å². The number of anilines is 1. The zero-order valence-corrected chi connectivity index (χ0v) is 18.6. The summed E-state index contributed by atoms with van der Waals surface area (Å²) < 4.78 is 44.2. The number of fused-ring (bicyclic) bond motifs is 1. The Kier molecular flexibility index (Phi) is 6.27. The average molecular weight is 481 g/mol. The Bertz CT molecular complexity index is 1220. The minimum atomic E-state index is -3.53. The summed E-state index contributed by atoms with van der Waals surface area (Å²) in [7, 11) is -3.53. The maximum absolute atomic E-state index is 13.3. The summed E-state index contributed by atoms with van der Waals surface area (Å²) in [6, 6.07) is 8.71. The molecule has 0 N–H and O–H groups in total. The predicted molar refractivity (Wildman–Crippen MR) is 117 cm³/mol. The SMILES string of the molecule is O=C(COc1ccc(F)c(Cl)c1)N1CCCc2cc(S(=O)(=O)Cc3nccs3)ccc21. The van der Waals surface area contributed by atoms with Crippen LogP contribution in [0.2, 0.25) is 5.02 Å². The lowest BCUT2D eigenvalue weighted by Crippen LogP contribution is -2.38. The van der Waals surface area contributed by atoms with Crippen LogP contribution in [0.3, 0.4) is 0 Å². The van der Waals surface area contributed by atoms with Gasteiger partial charge in [-0.25, -0.2) is 17.8 Å². The minimum Gasteiger partial charge on any atom is -0.484 e.